The zero-order valence-electron chi connectivity index (χ0n) is 10.5. The molecule has 1 aromatic heterocycles. The molecule has 0 spiro atoms. The van der Waals surface area contributed by atoms with E-state index in [0.717, 1.165) is 25.9 Å². The molecule has 0 aromatic carbocycles. The number of nitrogens with zero attached hydrogens (tertiary/aromatic N) is 3. The molecule has 17 heavy (non-hydrogen) atoms. The molecule has 1 fully saturated rings. The third-order valence-electron chi connectivity index (χ3n) is 3.08. The van der Waals surface area contributed by atoms with Crippen LogP contribution in [0.4, 0.5) is 4.79 Å². The fourth-order valence-corrected chi connectivity index (χ4v) is 2.11. The molecule has 0 aliphatic carbocycles. The van der Waals surface area contributed by atoms with Gasteiger partial charge in [0, 0.05) is 45.6 Å². The summed E-state index contributed by atoms with van der Waals surface area (Å²) in [6.07, 6.45) is 5.99. The Kier molecular flexibility index (Phi) is 3.56. The number of aromatic nitrogens is 1. The lowest BCUT2D eigenvalue weighted by molar-refractivity contribution is 0.157. The molecule has 1 aromatic rings. The minimum Gasteiger partial charge on any atom is -0.331 e. The molecular formula is C12H20N4O. The van der Waals surface area contributed by atoms with Gasteiger partial charge in [-0.3, -0.25) is 4.68 Å². The Labute approximate surface area is 102 Å². The molecule has 5 nitrogen and oxygen atoms in total. The first-order valence-electron chi connectivity index (χ1n) is 6.02. The van der Waals surface area contributed by atoms with Crippen molar-refractivity contribution >= 4 is 6.03 Å². The van der Waals surface area contributed by atoms with Crippen molar-refractivity contribution < 1.29 is 4.79 Å². The Morgan fingerprint density at radius 1 is 1.24 bits per heavy atom. The van der Waals surface area contributed by atoms with E-state index in [-0.39, 0.29) is 6.03 Å². The highest BCUT2D eigenvalue weighted by Gasteiger charge is 2.23. The summed E-state index contributed by atoms with van der Waals surface area (Å²) in [7, 11) is 3.60. The van der Waals surface area contributed by atoms with E-state index in [4.69, 9.17) is 0 Å². The van der Waals surface area contributed by atoms with Crippen molar-refractivity contribution in [1.82, 2.24) is 14.5 Å². The number of urea groups is 1. The molecule has 2 amide bonds. The average Bonchev–Trinajstić information content (AvgIpc) is 2.82. The van der Waals surface area contributed by atoms with Crippen molar-refractivity contribution in [3.63, 3.8) is 0 Å². The van der Waals surface area contributed by atoms with Crippen molar-refractivity contribution in [1.29, 1.82) is 0 Å². The van der Waals surface area contributed by atoms with Gasteiger partial charge in [-0.1, -0.05) is 0 Å². The van der Waals surface area contributed by atoms with Crippen LogP contribution in [0.3, 0.4) is 0 Å². The largest absolute Gasteiger partial charge is 0.331 e. The first-order chi connectivity index (χ1) is 8.16. The number of likely N-dealkylation sites (tertiary alicyclic amines) is 1. The van der Waals surface area contributed by atoms with E-state index in [1.54, 1.807) is 19.0 Å². The summed E-state index contributed by atoms with van der Waals surface area (Å²) in [4.78, 5) is 15.3. The monoisotopic (exact) mass is 236 g/mol. The molecule has 5 heteroatoms. The fraction of sp³-hybridized carbons (Fsp3) is 0.583. The van der Waals surface area contributed by atoms with E-state index >= 15 is 0 Å². The van der Waals surface area contributed by atoms with Crippen molar-refractivity contribution in [2.45, 2.75) is 18.9 Å². The molecule has 0 atom stereocenters. The molecular weight excluding hydrogens is 216 g/mol. The van der Waals surface area contributed by atoms with Crippen LogP contribution in [-0.4, -0.2) is 53.7 Å². The van der Waals surface area contributed by atoms with E-state index in [1.807, 2.05) is 34.1 Å². The summed E-state index contributed by atoms with van der Waals surface area (Å²) >= 11 is 0. The van der Waals surface area contributed by atoms with Gasteiger partial charge in [0.2, 0.25) is 0 Å². The highest BCUT2D eigenvalue weighted by molar-refractivity contribution is 5.73. The molecule has 94 valence electrons. The maximum absolute atomic E-state index is 11.7. The maximum atomic E-state index is 11.7. The van der Waals surface area contributed by atoms with Crippen LogP contribution in [0.25, 0.3) is 0 Å². The molecule has 0 radical (unpaired) electrons. The average molecular weight is 236 g/mol. The molecule has 1 aliphatic heterocycles. The lowest BCUT2D eigenvalue weighted by Gasteiger charge is -2.34. The Bertz CT molecular complexity index is 353. The molecule has 0 saturated carbocycles. The normalized spacial score (nSPS) is 16.9. The number of piperidine rings is 1. The summed E-state index contributed by atoms with van der Waals surface area (Å²) in [5.74, 6) is 0. The minimum atomic E-state index is 0.115. The quantitative estimate of drug-likeness (QED) is 0.837. The van der Waals surface area contributed by atoms with Crippen LogP contribution in [0.1, 0.15) is 12.8 Å². The van der Waals surface area contributed by atoms with Crippen LogP contribution in [0.15, 0.2) is 24.5 Å². The molecule has 1 saturated heterocycles. The number of nitrogens with one attached hydrogen (secondary N) is 1. The fourth-order valence-electron chi connectivity index (χ4n) is 2.11. The Hall–Kier alpha value is -1.65. The zero-order chi connectivity index (χ0) is 12.3. The van der Waals surface area contributed by atoms with Gasteiger partial charge in [0.05, 0.1) is 0 Å². The second-order valence-electron chi connectivity index (χ2n) is 4.66. The minimum absolute atomic E-state index is 0.115. The lowest BCUT2D eigenvalue weighted by Crippen LogP contribution is -2.47. The van der Waals surface area contributed by atoms with Crippen molar-refractivity contribution in [2.24, 2.45) is 0 Å². The molecule has 1 N–H and O–H groups in total. The van der Waals surface area contributed by atoms with Crippen molar-refractivity contribution in [2.75, 3.05) is 32.6 Å². The predicted octanol–water partition coefficient (Wildman–Crippen LogP) is 1.18. The van der Waals surface area contributed by atoms with E-state index in [0.29, 0.717) is 6.04 Å². The summed E-state index contributed by atoms with van der Waals surface area (Å²) in [5.41, 5.74) is 3.41. The standard InChI is InChI=1S/C12H20N4O/c1-14(2)12(17)15-9-5-11(6-10-15)13-16-7-3-4-8-16/h3-4,7-8,11,13H,5-6,9-10H2,1-2H3. The highest BCUT2D eigenvalue weighted by atomic mass is 16.2. The molecule has 2 heterocycles. The van der Waals surface area contributed by atoms with E-state index in [2.05, 4.69) is 5.43 Å². The smallest absolute Gasteiger partial charge is 0.319 e. The Morgan fingerprint density at radius 2 is 1.82 bits per heavy atom. The summed E-state index contributed by atoms with van der Waals surface area (Å²) in [6, 6.07) is 4.56. The molecule has 1 aliphatic rings. The van der Waals surface area contributed by atoms with Crippen LogP contribution < -0.4 is 5.43 Å². The van der Waals surface area contributed by atoms with Crippen molar-refractivity contribution in [3.8, 4) is 0 Å². The Balaban J connectivity index is 1.80. The molecule has 2 rings (SSSR count). The number of rotatable bonds is 2. The molecule has 0 unspecified atom stereocenters. The third kappa shape index (κ3) is 2.93. The van der Waals surface area contributed by atoms with Gasteiger partial charge in [-0.15, -0.1) is 0 Å². The van der Waals surface area contributed by atoms with Crippen molar-refractivity contribution in [3.05, 3.63) is 24.5 Å². The van der Waals surface area contributed by atoms with Crippen LogP contribution in [0.5, 0.6) is 0 Å². The van der Waals surface area contributed by atoms with Gasteiger partial charge in [-0.2, -0.15) is 0 Å². The van der Waals surface area contributed by atoms with Gasteiger partial charge in [-0.25, -0.2) is 4.79 Å². The number of hydrogen-bond acceptors (Lipinski definition) is 2. The van der Waals surface area contributed by atoms with Gasteiger partial charge in [-0.05, 0) is 25.0 Å². The topological polar surface area (TPSA) is 40.5 Å². The number of amides is 2. The van der Waals surface area contributed by atoms with Gasteiger partial charge in [0.1, 0.15) is 0 Å². The molecule has 0 bridgehead atoms. The summed E-state index contributed by atoms with van der Waals surface area (Å²) in [6.45, 7) is 1.66. The predicted molar refractivity (Wildman–Crippen MR) is 67.5 cm³/mol. The maximum Gasteiger partial charge on any atom is 0.319 e. The zero-order valence-corrected chi connectivity index (χ0v) is 10.5. The third-order valence-corrected chi connectivity index (χ3v) is 3.08. The first kappa shape index (κ1) is 11.8. The summed E-state index contributed by atoms with van der Waals surface area (Å²) in [5, 5.41) is 0. The van der Waals surface area contributed by atoms with Gasteiger partial charge < -0.3 is 15.2 Å². The van der Waals surface area contributed by atoms with E-state index < -0.39 is 0 Å². The van der Waals surface area contributed by atoms with Crippen LogP contribution in [0, 0.1) is 0 Å². The van der Waals surface area contributed by atoms with Crippen LogP contribution >= 0.6 is 0 Å². The van der Waals surface area contributed by atoms with Gasteiger partial charge in [0.25, 0.3) is 0 Å². The van der Waals surface area contributed by atoms with Crippen LogP contribution in [-0.2, 0) is 0 Å². The second kappa shape index (κ2) is 5.12. The number of carbonyl (C=O) groups excluding carboxylic acids is 1. The SMILES string of the molecule is CN(C)C(=O)N1CCC(Nn2cccc2)CC1. The number of hydrogen-bond donors (Lipinski definition) is 1. The first-order valence-corrected chi connectivity index (χ1v) is 6.02. The highest BCUT2D eigenvalue weighted by Crippen LogP contribution is 2.12. The van der Waals surface area contributed by atoms with Gasteiger partial charge in [0.15, 0.2) is 0 Å². The van der Waals surface area contributed by atoms with E-state index in [9.17, 15) is 4.79 Å². The van der Waals surface area contributed by atoms with E-state index in [1.165, 1.54) is 0 Å². The lowest BCUT2D eigenvalue weighted by atomic mass is 10.1. The van der Waals surface area contributed by atoms with Crippen LogP contribution in [0.2, 0.25) is 0 Å². The Morgan fingerprint density at radius 3 is 2.35 bits per heavy atom. The summed E-state index contributed by atoms with van der Waals surface area (Å²) < 4.78 is 1.98. The van der Waals surface area contributed by atoms with Gasteiger partial charge >= 0.3 is 6.03 Å². The number of carbonyl (C=O) groups is 1. The second-order valence-corrected chi connectivity index (χ2v) is 4.66.